The van der Waals surface area contributed by atoms with Crippen LogP contribution in [0.4, 0.5) is 17.1 Å². The smallest absolute Gasteiger partial charge is 0.137 e. The van der Waals surface area contributed by atoms with E-state index in [0.29, 0.717) is 0 Å². The van der Waals surface area contributed by atoms with Gasteiger partial charge in [0.15, 0.2) is 0 Å². The highest BCUT2D eigenvalue weighted by Gasteiger charge is 2.26. The van der Waals surface area contributed by atoms with E-state index in [1.54, 1.807) is 0 Å². The van der Waals surface area contributed by atoms with E-state index >= 15 is 0 Å². The summed E-state index contributed by atoms with van der Waals surface area (Å²) in [5.74, 6) is 1.66. The molecule has 0 amide bonds. The van der Waals surface area contributed by atoms with Crippen LogP contribution >= 0.6 is 0 Å². The lowest BCUT2D eigenvalue weighted by Gasteiger charge is -2.27. The monoisotopic (exact) mass is 765 g/mol. The quantitative estimate of drug-likeness (QED) is 0.160. The van der Waals surface area contributed by atoms with E-state index in [9.17, 15) is 0 Å². The third-order valence-corrected chi connectivity index (χ3v) is 11.7. The van der Waals surface area contributed by atoms with Crippen LogP contribution in [0.3, 0.4) is 0 Å². The number of rotatable bonds is 7. The van der Waals surface area contributed by atoms with Gasteiger partial charge in [-0.2, -0.15) is 0 Å². The van der Waals surface area contributed by atoms with Gasteiger partial charge in [-0.25, -0.2) is 0 Å². The Balaban J connectivity index is 1.04. The molecule has 2 heteroatoms. The van der Waals surface area contributed by atoms with Crippen molar-refractivity contribution in [2.24, 2.45) is 0 Å². The highest BCUT2D eigenvalue weighted by Crippen LogP contribution is 2.52. The number of ether oxygens (including phenoxy) is 1. The molecule has 1 aliphatic rings. The van der Waals surface area contributed by atoms with Crippen molar-refractivity contribution in [3.8, 4) is 78.3 Å². The van der Waals surface area contributed by atoms with Crippen molar-refractivity contribution in [1.29, 1.82) is 0 Å². The van der Waals surface area contributed by atoms with Gasteiger partial charge in [-0.1, -0.05) is 182 Å². The molecule has 2 nitrogen and oxygen atoms in total. The molecule has 11 rings (SSSR count). The first-order valence-corrected chi connectivity index (χ1v) is 20.5. The number of fused-ring (bicyclic) bond motifs is 6. The average molecular weight is 766 g/mol. The van der Waals surface area contributed by atoms with Gasteiger partial charge in [0, 0.05) is 39.8 Å². The third kappa shape index (κ3) is 6.51. The standard InChI is InChI=1S/C58H39NO/c1-4-13-40(14-5-1)42-23-25-43(26-24-42)45-29-33-50(34-30-45)59(49-31-27-44(28-32-49)41-15-6-2-7-16-41)51-35-36-53-54-22-12-21-52(46-17-8-3-9-18-46)58(54)55-37-47-19-10-11-20-48(47)38-56(55)60-57(53)39-51/h1-39H. The first kappa shape index (κ1) is 35.2. The molecule has 0 aromatic heterocycles. The van der Waals surface area contributed by atoms with Crippen molar-refractivity contribution >= 4 is 27.8 Å². The molecule has 0 saturated heterocycles. The number of hydrogen-bond donors (Lipinski definition) is 0. The van der Waals surface area contributed by atoms with Gasteiger partial charge < -0.3 is 9.64 Å². The van der Waals surface area contributed by atoms with Crippen LogP contribution in [0.15, 0.2) is 237 Å². The molecule has 10 aromatic rings. The average Bonchev–Trinajstić information content (AvgIpc) is 3.46. The summed E-state index contributed by atoms with van der Waals surface area (Å²) in [7, 11) is 0. The topological polar surface area (TPSA) is 12.5 Å². The summed E-state index contributed by atoms with van der Waals surface area (Å²) in [6.07, 6.45) is 0. The highest BCUT2D eigenvalue weighted by atomic mass is 16.5. The fourth-order valence-electron chi connectivity index (χ4n) is 8.67. The maximum absolute atomic E-state index is 7.12. The lowest BCUT2D eigenvalue weighted by atomic mass is 9.87. The summed E-state index contributed by atoms with van der Waals surface area (Å²) in [6.45, 7) is 0. The summed E-state index contributed by atoms with van der Waals surface area (Å²) in [6, 6.07) is 84.7. The Morgan fingerprint density at radius 3 is 1.22 bits per heavy atom. The Hall–Kier alpha value is -7.94. The van der Waals surface area contributed by atoms with Crippen LogP contribution in [0.25, 0.3) is 77.5 Å². The van der Waals surface area contributed by atoms with Gasteiger partial charge in [-0.05, 0) is 109 Å². The Labute approximate surface area is 350 Å². The van der Waals surface area contributed by atoms with Crippen LogP contribution in [-0.2, 0) is 0 Å². The Morgan fingerprint density at radius 2 is 0.667 bits per heavy atom. The Morgan fingerprint density at radius 1 is 0.250 bits per heavy atom. The minimum Gasteiger partial charge on any atom is -0.456 e. The van der Waals surface area contributed by atoms with Crippen LogP contribution in [-0.4, -0.2) is 0 Å². The van der Waals surface area contributed by atoms with E-state index in [2.05, 4.69) is 241 Å². The molecule has 0 aliphatic carbocycles. The minimum atomic E-state index is 0.814. The van der Waals surface area contributed by atoms with Gasteiger partial charge in [0.1, 0.15) is 11.5 Å². The van der Waals surface area contributed by atoms with Gasteiger partial charge in [-0.3, -0.25) is 0 Å². The van der Waals surface area contributed by atoms with Gasteiger partial charge in [0.05, 0.1) is 0 Å². The molecule has 0 bridgehead atoms. The van der Waals surface area contributed by atoms with Gasteiger partial charge >= 0.3 is 0 Å². The molecule has 1 aliphatic heterocycles. The zero-order chi connectivity index (χ0) is 39.8. The number of anilines is 3. The second-order valence-corrected chi connectivity index (χ2v) is 15.3. The molecule has 10 aromatic carbocycles. The van der Waals surface area contributed by atoms with Crippen molar-refractivity contribution in [2.75, 3.05) is 4.90 Å². The predicted octanol–water partition coefficient (Wildman–Crippen LogP) is 16.4. The van der Waals surface area contributed by atoms with Crippen molar-refractivity contribution in [2.45, 2.75) is 0 Å². The van der Waals surface area contributed by atoms with Gasteiger partial charge in [0.25, 0.3) is 0 Å². The van der Waals surface area contributed by atoms with E-state index < -0.39 is 0 Å². The zero-order valence-electron chi connectivity index (χ0n) is 32.9. The molecular formula is C58H39NO. The predicted molar refractivity (Wildman–Crippen MR) is 251 cm³/mol. The molecule has 60 heavy (non-hydrogen) atoms. The fraction of sp³-hybridized carbons (Fsp3) is 0. The molecule has 0 atom stereocenters. The maximum Gasteiger partial charge on any atom is 0.137 e. The van der Waals surface area contributed by atoms with Crippen LogP contribution in [0.1, 0.15) is 0 Å². The van der Waals surface area contributed by atoms with E-state index in [1.807, 2.05) is 0 Å². The van der Waals surface area contributed by atoms with E-state index in [1.165, 1.54) is 49.9 Å². The number of nitrogens with zero attached hydrogens (tertiary/aromatic N) is 1. The second kappa shape index (κ2) is 15.1. The zero-order valence-corrected chi connectivity index (χ0v) is 32.9. The largest absolute Gasteiger partial charge is 0.456 e. The first-order valence-electron chi connectivity index (χ1n) is 20.5. The van der Waals surface area contributed by atoms with Crippen LogP contribution in [0, 0.1) is 0 Å². The van der Waals surface area contributed by atoms with Crippen molar-refractivity contribution in [3.63, 3.8) is 0 Å². The number of benzene rings is 10. The molecular weight excluding hydrogens is 727 g/mol. The summed E-state index contributed by atoms with van der Waals surface area (Å²) in [5, 5.41) is 2.32. The molecule has 0 radical (unpaired) electrons. The van der Waals surface area contributed by atoms with Gasteiger partial charge in [-0.15, -0.1) is 0 Å². The molecule has 1 heterocycles. The van der Waals surface area contributed by atoms with Crippen LogP contribution in [0.2, 0.25) is 0 Å². The fourth-order valence-corrected chi connectivity index (χ4v) is 8.67. The SMILES string of the molecule is c1ccc(-c2ccc(-c3ccc(N(c4ccc(-c5ccccc5)cc4)c4ccc5c(c4)Oc4cc6ccccc6cc4-c4c(-c6ccccc6)cccc4-5)cc3)cc2)cc1. The lowest BCUT2D eigenvalue weighted by Crippen LogP contribution is -2.10. The number of hydrogen-bond acceptors (Lipinski definition) is 2. The van der Waals surface area contributed by atoms with E-state index in [-0.39, 0.29) is 0 Å². The van der Waals surface area contributed by atoms with Crippen molar-refractivity contribution in [3.05, 3.63) is 237 Å². The molecule has 0 N–H and O–H groups in total. The lowest BCUT2D eigenvalue weighted by molar-refractivity contribution is 0.488. The third-order valence-electron chi connectivity index (χ3n) is 11.7. The second-order valence-electron chi connectivity index (χ2n) is 15.3. The molecule has 0 unspecified atom stereocenters. The summed E-state index contributed by atoms with van der Waals surface area (Å²) >= 11 is 0. The Bertz CT molecular complexity index is 3120. The molecule has 282 valence electrons. The van der Waals surface area contributed by atoms with Crippen molar-refractivity contribution < 1.29 is 4.74 Å². The first-order chi connectivity index (χ1) is 29.7. The normalized spacial score (nSPS) is 11.5. The Kier molecular flexibility index (Phi) is 8.87. The van der Waals surface area contributed by atoms with Crippen LogP contribution < -0.4 is 9.64 Å². The van der Waals surface area contributed by atoms with E-state index in [4.69, 9.17) is 4.74 Å². The summed E-state index contributed by atoms with van der Waals surface area (Å²) in [5.41, 5.74) is 17.1. The molecule has 0 fully saturated rings. The molecule has 0 saturated carbocycles. The van der Waals surface area contributed by atoms with Crippen molar-refractivity contribution in [1.82, 2.24) is 0 Å². The maximum atomic E-state index is 7.12. The van der Waals surface area contributed by atoms with Gasteiger partial charge in [0.2, 0.25) is 0 Å². The molecule has 0 spiro atoms. The summed E-state index contributed by atoms with van der Waals surface area (Å²) in [4.78, 5) is 2.33. The van der Waals surface area contributed by atoms with E-state index in [0.717, 1.165) is 56.2 Å². The minimum absolute atomic E-state index is 0.814. The van der Waals surface area contributed by atoms with Crippen LogP contribution in [0.5, 0.6) is 11.5 Å². The highest BCUT2D eigenvalue weighted by molar-refractivity contribution is 6.03. The summed E-state index contributed by atoms with van der Waals surface area (Å²) < 4.78 is 7.12.